The van der Waals surface area contributed by atoms with Gasteiger partial charge in [0, 0.05) is 23.0 Å². The first-order chi connectivity index (χ1) is 11.3. The molecule has 1 saturated carbocycles. The zero-order valence-corrected chi connectivity index (χ0v) is 13.9. The van der Waals surface area contributed by atoms with Crippen molar-refractivity contribution in [2.45, 2.75) is 37.6 Å². The van der Waals surface area contributed by atoms with Crippen LogP contribution in [-0.2, 0) is 0 Å². The second kappa shape index (κ2) is 6.45. The van der Waals surface area contributed by atoms with Gasteiger partial charge in [-0.3, -0.25) is 14.8 Å². The van der Waals surface area contributed by atoms with Crippen molar-refractivity contribution in [3.63, 3.8) is 0 Å². The minimum atomic E-state index is -0.0751. The van der Waals surface area contributed by atoms with Crippen molar-refractivity contribution >= 4 is 17.2 Å². The van der Waals surface area contributed by atoms with Gasteiger partial charge in [-0.25, -0.2) is 0 Å². The highest BCUT2D eigenvalue weighted by Gasteiger charge is 2.27. The number of carbonyl (C=O) groups excluding carboxylic acids is 1. The number of nitrogens with zero attached hydrogens (tertiary/aromatic N) is 2. The topological polar surface area (TPSA) is 61.0 Å². The first-order valence-corrected chi connectivity index (χ1v) is 9.30. The predicted octanol–water partition coefficient (Wildman–Crippen LogP) is 2.92. The summed E-state index contributed by atoms with van der Waals surface area (Å²) in [6.07, 6.45) is 4.91. The molecular formula is C17H22N4OS. The van der Waals surface area contributed by atoms with Crippen LogP contribution in [0.4, 0.5) is 0 Å². The van der Waals surface area contributed by atoms with Gasteiger partial charge in [0.1, 0.15) is 5.69 Å². The maximum absolute atomic E-state index is 12.4. The van der Waals surface area contributed by atoms with E-state index in [1.165, 1.54) is 30.6 Å². The van der Waals surface area contributed by atoms with E-state index in [9.17, 15) is 4.79 Å². The molecule has 1 amide bonds. The summed E-state index contributed by atoms with van der Waals surface area (Å²) in [5.41, 5.74) is 1.61. The van der Waals surface area contributed by atoms with Crippen LogP contribution < -0.4 is 5.32 Å². The van der Waals surface area contributed by atoms with Crippen LogP contribution in [0.3, 0.4) is 0 Å². The van der Waals surface area contributed by atoms with Gasteiger partial charge in [-0.15, -0.1) is 11.3 Å². The Morgan fingerprint density at radius 3 is 2.96 bits per heavy atom. The van der Waals surface area contributed by atoms with Crippen molar-refractivity contribution in [1.29, 1.82) is 0 Å². The highest BCUT2D eigenvalue weighted by Crippen LogP contribution is 2.39. The average molecular weight is 330 g/mol. The maximum Gasteiger partial charge on any atom is 0.271 e. The first kappa shape index (κ1) is 14.9. The molecule has 23 heavy (non-hydrogen) atoms. The molecule has 2 N–H and O–H groups in total. The number of rotatable bonds is 6. The van der Waals surface area contributed by atoms with Gasteiger partial charge in [-0.2, -0.15) is 5.10 Å². The van der Waals surface area contributed by atoms with Crippen LogP contribution in [0.2, 0.25) is 0 Å². The molecule has 6 heteroatoms. The summed E-state index contributed by atoms with van der Waals surface area (Å²) < 4.78 is 0. The fraction of sp³-hybridized carbons (Fsp3) is 0.529. The number of aromatic amines is 1. The SMILES string of the molecule is O=C(NC[C@@H](c1cccs1)N1CCCC1)c1cc(C2CC2)[nH]n1. The van der Waals surface area contributed by atoms with Crippen molar-refractivity contribution in [3.8, 4) is 0 Å². The van der Waals surface area contributed by atoms with E-state index in [-0.39, 0.29) is 11.9 Å². The molecule has 1 saturated heterocycles. The van der Waals surface area contributed by atoms with Crippen molar-refractivity contribution in [3.05, 3.63) is 39.8 Å². The van der Waals surface area contributed by atoms with E-state index < -0.39 is 0 Å². The Morgan fingerprint density at radius 2 is 2.26 bits per heavy atom. The molecule has 1 atom stereocenters. The van der Waals surface area contributed by atoms with Gasteiger partial charge >= 0.3 is 0 Å². The van der Waals surface area contributed by atoms with E-state index in [2.05, 4.69) is 37.9 Å². The minimum absolute atomic E-state index is 0.0751. The molecular weight excluding hydrogens is 308 g/mol. The fourth-order valence-corrected chi connectivity index (χ4v) is 4.14. The zero-order valence-electron chi connectivity index (χ0n) is 13.1. The number of carbonyl (C=O) groups is 1. The van der Waals surface area contributed by atoms with Crippen LogP contribution in [0.15, 0.2) is 23.6 Å². The molecule has 2 aromatic heterocycles. The average Bonchev–Trinajstić information content (AvgIpc) is 3.06. The molecule has 0 spiro atoms. The molecule has 1 aliphatic carbocycles. The van der Waals surface area contributed by atoms with Crippen molar-refractivity contribution in [1.82, 2.24) is 20.4 Å². The summed E-state index contributed by atoms with van der Waals surface area (Å²) in [7, 11) is 0. The third-order valence-corrected chi connectivity index (χ3v) is 5.73. The van der Waals surface area contributed by atoms with Gasteiger partial charge in [0.2, 0.25) is 0 Å². The lowest BCUT2D eigenvalue weighted by molar-refractivity contribution is 0.0933. The number of hydrogen-bond donors (Lipinski definition) is 2. The molecule has 0 unspecified atom stereocenters. The van der Waals surface area contributed by atoms with Crippen LogP contribution >= 0.6 is 11.3 Å². The van der Waals surface area contributed by atoms with Crippen LogP contribution in [0, 0.1) is 0 Å². The predicted molar refractivity (Wildman–Crippen MR) is 90.8 cm³/mol. The number of amides is 1. The molecule has 1 aliphatic heterocycles. The van der Waals surface area contributed by atoms with E-state index in [0.717, 1.165) is 18.8 Å². The summed E-state index contributed by atoms with van der Waals surface area (Å²) in [6.45, 7) is 2.88. The Morgan fingerprint density at radius 1 is 1.43 bits per heavy atom. The second-order valence-corrected chi connectivity index (χ2v) is 7.45. The van der Waals surface area contributed by atoms with Crippen LogP contribution in [0.1, 0.15) is 58.7 Å². The van der Waals surface area contributed by atoms with Crippen molar-refractivity contribution < 1.29 is 4.79 Å². The lowest BCUT2D eigenvalue weighted by Crippen LogP contribution is -2.36. The van der Waals surface area contributed by atoms with E-state index in [1.54, 1.807) is 11.3 Å². The normalized spacial score (nSPS) is 19.8. The zero-order chi connectivity index (χ0) is 15.6. The molecule has 4 rings (SSSR count). The molecule has 2 fully saturated rings. The van der Waals surface area contributed by atoms with Crippen molar-refractivity contribution in [2.24, 2.45) is 0 Å². The van der Waals surface area contributed by atoms with Gasteiger partial charge in [-0.05, 0) is 56.3 Å². The summed E-state index contributed by atoms with van der Waals surface area (Å²) >= 11 is 1.77. The summed E-state index contributed by atoms with van der Waals surface area (Å²) in [5, 5.41) is 12.4. The van der Waals surface area contributed by atoms with Crippen LogP contribution in [0.5, 0.6) is 0 Å². The molecule has 0 aromatic carbocycles. The summed E-state index contributed by atoms with van der Waals surface area (Å²) in [6, 6.07) is 6.44. The smallest absolute Gasteiger partial charge is 0.271 e. The molecule has 3 heterocycles. The van der Waals surface area contributed by atoms with Crippen molar-refractivity contribution in [2.75, 3.05) is 19.6 Å². The fourth-order valence-electron chi connectivity index (χ4n) is 3.28. The summed E-state index contributed by atoms with van der Waals surface area (Å²) in [5.74, 6) is 0.515. The maximum atomic E-state index is 12.4. The molecule has 0 radical (unpaired) electrons. The third kappa shape index (κ3) is 3.33. The lowest BCUT2D eigenvalue weighted by Gasteiger charge is -2.26. The highest BCUT2D eigenvalue weighted by molar-refractivity contribution is 7.10. The minimum Gasteiger partial charge on any atom is -0.349 e. The van der Waals surface area contributed by atoms with Gasteiger partial charge < -0.3 is 5.32 Å². The van der Waals surface area contributed by atoms with Crippen LogP contribution in [0.25, 0.3) is 0 Å². The number of aromatic nitrogens is 2. The second-order valence-electron chi connectivity index (χ2n) is 6.47. The number of thiophene rings is 1. The van der Waals surface area contributed by atoms with Gasteiger partial charge in [0.05, 0.1) is 6.04 Å². The monoisotopic (exact) mass is 330 g/mol. The number of H-pyrrole nitrogens is 1. The quantitative estimate of drug-likeness (QED) is 0.856. The van der Waals surface area contributed by atoms with E-state index in [0.29, 0.717) is 18.2 Å². The molecule has 5 nitrogen and oxygen atoms in total. The van der Waals surface area contributed by atoms with E-state index in [1.807, 2.05) is 6.07 Å². The number of nitrogens with one attached hydrogen (secondary N) is 2. The first-order valence-electron chi connectivity index (χ1n) is 8.42. The van der Waals surface area contributed by atoms with Crippen LogP contribution in [-0.4, -0.2) is 40.6 Å². The Hall–Kier alpha value is -1.66. The van der Waals surface area contributed by atoms with Gasteiger partial charge in [0.15, 0.2) is 0 Å². The molecule has 2 aromatic rings. The largest absolute Gasteiger partial charge is 0.349 e. The third-order valence-electron chi connectivity index (χ3n) is 4.76. The van der Waals surface area contributed by atoms with E-state index >= 15 is 0 Å². The Balaban J connectivity index is 1.41. The van der Waals surface area contributed by atoms with Gasteiger partial charge in [0.25, 0.3) is 5.91 Å². The van der Waals surface area contributed by atoms with Gasteiger partial charge in [-0.1, -0.05) is 6.07 Å². The Labute approximate surface area is 140 Å². The Kier molecular flexibility index (Phi) is 4.18. The molecule has 2 aliphatic rings. The number of hydrogen-bond acceptors (Lipinski definition) is 4. The highest BCUT2D eigenvalue weighted by atomic mass is 32.1. The lowest BCUT2D eigenvalue weighted by atomic mass is 10.2. The molecule has 0 bridgehead atoms. The summed E-state index contributed by atoms with van der Waals surface area (Å²) in [4.78, 5) is 16.2. The van der Waals surface area contributed by atoms with E-state index in [4.69, 9.17) is 0 Å². The standard InChI is InChI=1S/C17H22N4OS/c22-17(14-10-13(19-20-14)12-5-6-12)18-11-15(16-4-3-9-23-16)21-7-1-2-8-21/h3-4,9-10,12,15H,1-2,5-8,11H2,(H,18,22)(H,19,20)/t15-/m0/s1. The number of likely N-dealkylation sites (tertiary alicyclic amines) is 1. The molecule has 122 valence electrons. The Bertz CT molecular complexity index is 656.